The fraction of sp³-hybridized carbons (Fsp3) is 0.438. The van der Waals surface area contributed by atoms with Crippen molar-refractivity contribution in [2.45, 2.75) is 39.3 Å². The van der Waals surface area contributed by atoms with Crippen molar-refractivity contribution in [1.29, 1.82) is 0 Å². The van der Waals surface area contributed by atoms with Crippen LogP contribution < -0.4 is 30.3 Å². The third-order valence-electron chi connectivity index (χ3n) is 7.62. The van der Waals surface area contributed by atoms with Crippen molar-refractivity contribution in [3.05, 3.63) is 54.2 Å². The number of carbonyl (C=O) groups excluding carboxylic acids is 2. The number of aromatic nitrogens is 2. The second kappa shape index (κ2) is 13.5. The van der Waals surface area contributed by atoms with Gasteiger partial charge in [0, 0.05) is 62.7 Å². The number of hydrogen-bond acceptors (Lipinski definition) is 10. The Hall–Kier alpha value is -4.78. The number of fused-ring (bicyclic) bond motifs is 1. The van der Waals surface area contributed by atoms with E-state index in [1.54, 1.807) is 47.2 Å². The molecule has 240 valence electrons. The second-order valence-electron chi connectivity index (χ2n) is 12.0. The molecule has 5 rings (SSSR count). The van der Waals surface area contributed by atoms with Crippen LogP contribution in [0.4, 0.5) is 38.4 Å². The Labute approximate surface area is 263 Å². The smallest absolute Gasteiger partial charge is 0.410 e. The van der Waals surface area contributed by atoms with E-state index in [1.807, 2.05) is 51.1 Å². The lowest BCUT2D eigenvalue weighted by Gasteiger charge is -2.38. The van der Waals surface area contributed by atoms with E-state index in [9.17, 15) is 9.59 Å². The Bertz CT molecular complexity index is 1500. The van der Waals surface area contributed by atoms with Crippen LogP contribution >= 0.6 is 0 Å². The average molecular weight is 619 g/mol. The summed E-state index contributed by atoms with van der Waals surface area (Å²) in [5.74, 6) is 2.06. The molecule has 2 aliphatic heterocycles. The number of benzene rings is 2. The van der Waals surface area contributed by atoms with E-state index in [2.05, 4.69) is 15.2 Å². The molecule has 13 heteroatoms. The molecule has 0 atom stereocenters. The zero-order valence-corrected chi connectivity index (χ0v) is 26.6. The molecular formula is C32H42N8O5. The zero-order valence-electron chi connectivity index (χ0n) is 26.6. The van der Waals surface area contributed by atoms with Crippen molar-refractivity contribution in [3.63, 3.8) is 0 Å². The number of piperazine rings is 1. The summed E-state index contributed by atoms with van der Waals surface area (Å²) < 4.78 is 16.5. The van der Waals surface area contributed by atoms with Crippen LogP contribution in [0.15, 0.2) is 48.7 Å². The van der Waals surface area contributed by atoms with Crippen LogP contribution in [-0.4, -0.2) is 91.0 Å². The van der Waals surface area contributed by atoms with Crippen molar-refractivity contribution in [2.24, 2.45) is 0 Å². The molecule has 3 amide bonds. The van der Waals surface area contributed by atoms with Crippen LogP contribution in [-0.2, 0) is 11.3 Å². The maximum absolute atomic E-state index is 14.1. The molecular weight excluding hydrogens is 576 g/mol. The predicted octanol–water partition coefficient (Wildman–Crippen LogP) is 4.71. The number of methoxy groups -OCH3 is 2. The maximum atomic E-state index is 14.1. The number of ether oxygens (including phenoxy) is 3. The first kappa shape index (κ1) is 31.6. The van der Waals surface area contributed by atoms with Gasteiger partial charge in [0.05, 0.1) is 37.8 Å². The summed E-state index contributed by atoms with van der Waals surface area (Å²) >= 11 is 0. The summed E-state index contributed by atoms with van der Waals surface area (Å²) in [5.41, 5.74) is 8.30. The number of nitrogens with one attached hydrogen (secondary N) is 1. The summed E-state index contributed by atoms with van der Waals surface area (Å²) in [6.07, 6.45) is 2.16. The lowest BCUT2D eigenvalue weighted by atomic mass is 10.1. The number of nitrogens with two attached hydrogens (primary N) is 1. The number of nitrogens with zero attached hydrogens (tertiary/aromatic N) is 6. The van der Waals surface area contributed by atoms with Crippen LogP contribution in [0.2, 0.25) is 0 Å². The number of urea groups is 1. The van der Waals surface area contributed by atoms with Gasteiger partial charge in [0.15, 0.2) is 0 Å². The first-order valence-electron chi connectivity index (χ1n) is 15.0. The van der Waals surface area contributed by atoms with Crippen molar-refractivity contribution >= 4 is 41.0 Å². The van der Waals surface area contributed by atoms with Gasteiger partial charge >= 0.3 is 12.1 Å². The van der Waals surface area contributed by atoms with Crippen LogP contribution in [0.5, 0.6) is 11.5 Å². The van der Waals surface area contributed by atoms with Gasteiger partial charge in [0.1, 0.15) is 22.9 Å². The van der Waals surface area contributed by atoms with Crippen molar-refractivity contribution in [3.8, 4) is 11.5 Å². The lowest BCUT2D eigenvalue weighted by molar-refractivity contribution is 0.0145. The normalized spacial score (nSPS) is 15.5. The van der Waals surface area contributed by atoms with Gasteiger partial charge in [-0.3, -0.25) is 14.7 Å². The number of para-hydroxylation sites is 2. The van der Waals surface area contributed by atoms with Gasteiger partial charge in [0.25, 0.3) is 0 Å². The van der Waals surface area contributed by atoms with Crippen LogP contribution in [0.25, 0.3) is 0 Å². The molecule has 1 aromatic heterocycles. The van der Waals surface area contributed by atoms with E-state index < -0.39 is 5.60 Å². The topological polar surface area (TPSA) is 139 Å². The van der Waals surface area contributed by atoms with E-state index >= 15 is 0 Å². The molecule has 1 saturated heterocycles. The Kier molecular flexibility index (Phi) is 9.47. The molecule has 45 heavy (non-hydrogen) atoms. The molecule has 0 bridgehead atoms. The van der Waals surface area contributed by atoms with Gasteiger partial charge in [-0.25, -0.2) is 14.6 Å². The standard InChI is InChI=1S/C32H42N8O5/c1-32(2,3)45-31(42)38-15-13-37(14-16-38)11-8-12-39-28-22(20-34-29(36-28)35-27-10-7-6-9-26(27)33)21-40(30(39)41)23-17-24(43-4)19-25(18-23)44-5/h6-7,9-10,17-20H,8,11-16,21,33H2,1-5H3,(H,34,35,36). The van der Waals surface area contributed by atoms with Gasteiger partial charge in [-0.05, 0) is 45.9 Å². The molecule has 0 unspecified atom stereocenters. The number of amides is 3. The third kappa shape index (κ3) is 7.66. The highest BCUT2D eigenvalue weighted by Crippen LogP contribution is 2.35. The van der Waals surface area contributed by atoms with E-state index in [-0.39, 0.29) is 18.7 Å². The van der Waals surface area contributed by atoms with Crippen molar-refractivity contribution < 1.29 is 23.8 Å². The zero-order chi connectivity index (χ0) is 32.1. The Morgan fingerprint density at radius 2 is 1.69 bits per heavy atom. The van der Waals surface area contributed by atoms with E-state index in [0.717, 1.165) is 25.2 Å². The van der Waals surface area contributed by atoms with Gasteiger partial charge < -0.3 is 30.2 Å². The summed E-state index contributed by atoms with van der Waals surface area (Å²) in [4.78, 5) is 43.3. The van der Waals surface area contributed by atoms with E-state index in [4.69, 9.17) is 24.9 Å². The van der Waals surface area contributed by atoms with Crippen LogP contribution in [0.1, 0.15) is 32.8 Å². The number of rotatable bonds is 9. The fourth-order valence-corrected chi connectivity index (χ4v) is 5.29. The molecule has 0 saturated carbocycles. The molecule has 3 aromatic rings. The highest BCUT2D eigenvalue weighted by Gasteiger charge is 2.34. The number of anilines is 5. The number of nitrogen functional groups attached to an aromatic ring is 1. The van der Waals surface area contributed by atoms with Gasteiger partial charge in [-0.1, -0.05) is 12.1 Å². The highest BCUT2D eigenvalue weighted by atomic mass is 16.6. The molecule has 1 fully saturated rings. The SMILES string of the molecule is COc1cc(OC)cc(N2Cc3cnc(Nc4ccccc4N)nc3N(CCCN3CCN(C(=O)OC(C)(C)C)CC3)C2=O)c1. The van der Waals surface area contributed by atoms with Gasteiger partial charge in [-0.15, -0.1) is 0 Å². The Morgan fingerprint density at radius 1 is 1.00 bits per heavy atom. The summed E-state index contributed by atoms with van der Waals surface area (Å²) in [5, 5.41) is 3.18. The Balaban J connectivity index is 1.33. The van der Waals surface area contributed by atoms with Crippen LogP contribution in [0, 0.1) is 0 Å². The quantitative estimate of drug-likeness (QED) is 0.324. The molecule has 3 heterocycles. The van der Waals surface area contributed by atoms with Crippen LogP contribution in [0.3, 0.4) is 0 Å². The minimum atomic E-state index is -0.526. The molecule has 13 nitrogen and oxygen atoms in total. The first-order chi connectivity index (χ1) is 21.5. The third-order valence-corrected chi connectivity index (χ3v) is 7.62. The fourth-order valence-electron chi connectivity index (χ4n) is 5.29. The minimum Gasteiger partial charge on any atom is -0.497 e. The van der Waals surface area contributed by atoms with Crippen molar-refractivity contribution in [1.82, 2.24) is 19.8 Å². The average Bonchev–Trinajstić information content (AvgIpc) is 3.02. The summed E-state index contributed by atoms with van der Waals surface area (Å²) in [6.45, 7) is 9.72. The monoisotopic (exact) mass is 618 g/mol. The highest BCUT2D eigenvalue weighted by molar-refractivity contribution is 6.05. The molecule has 0 spiro atoms. The molecule has 2 aromatic carbocycles. The van der Waals surface area contributed by atoms with Gasteiger partial charge in [0.2, 0.25) is 5.95 Å². The van der Waals surface area contributed by atoms with E-state index in [0.29, 0.717) is 66.4 Å². The van der Waals surface area contributed by atoms with Crippen molar-refractivity contribution in [2.75, 3.05) is 74.3 Å². The first-order valence-corrected chi connectivity index (χ1v) is 15.0. The predicted molar refractivity (Wildman–Crippen MR) is 174 cm³/mol. The largest absolute Gasteiger partial charge is 0.497 e. The number of carbonyl (C=O) groups is 2. The molecule has 3 N–H and O–H groups in total. The molecule has 2 aliphatic rings. The maximum Gasteiger partial charge on any atom is 0.410 e. The van der Waals surface area contributed by atoms with Gasteiger partial charge in [-0.2, -0.15) is 4.98 Å². The number of hydrogen-bond donors (Lipinski definition) is 2. The minimum absolute atomic E-state index is 0.212. The molecule has 0 radical (unpaired) electrons. The molecule has 0 aliphatic carbocycles. The summed E-state index contributed by atoms with van der Waals surface area (Å²) in [7, 11) is 3.15. The lowest BCUT2D eigenvalue weighted by Crippen LogP contribution is -2.51. The summed E-state index contributed by atoms with van der Waals surface area (Å²) in [6, 6.07) is 12.5. The second-order valence-corrected chi connectivity index (χ2v) is 12.0. The Morgan fingerprint density at radius 3 is 2.33 bits per heavy atom. The van der Waals surface area contributed by atoms with E-state index in [1.165, 1.54) is 0 Å².